The van der Waals surface area contributed by atoms with Gasteiger partial charge >= 0.3 is 5.56 Å². The van der Waals surface area contributed by atoms with Crippen LogP contribution in [0.1, 0.15) is 38.7 Å². The van der Waals surface area contributed by atoms with Crippen LogP contribution in [0.4, 0.5) is 14.5 Å². The fourth-order valence-electron chi connectivity index (χ4n) is 4.95. The van der Waals surface area contributed by atoms with Gasteiger partial charge in [-0.3, -0.25) is 4.79 Å². The Morgan fingerprint density at radius 3 is 2.26 bits per heavy atom. The molecule has 0 bridgehead atoms. The largest absolute Gasteiger partial charge is 0.485 e. The monoisotopic (exact) mass is 558 g/mol. The topological polar surface area (TPSA) is 84.7 Å². The average Bonchev–Trinajstić information content (AvgIpc) is 3.73. The highest BCUT2D eigenvalue weighted by Gasteiger charge is 2.45. The van der Waals surface area contributed by atoms with Crippen molar-refractivity contribution in [2.45, 2.75) is 43.8 Å². The molecule has 1 atom stereocenters. The lowest BCUT2D eigenvalue weighted by Crippen LogP contribution is -2.51. The predicted molar refractivity (Wildman–Crippen MR) is 145 cm³/mol. The zero-order chi connectivity index (χ0) is 27.8. The van der Waals surface area contributed by atoms with E-state index in [0.717, 1.165) is 41.3 Å². The van der Waals surface area contributed by atoms with E-state index in [1.807, 2.05) is 42.2 Å². The second-order valence-electron chi connectivity index (χ2n) is 10.3. The maximum absolute atomic E-state index is 14.0. The summed E-state index contributed by atoms with van der Waals surface area (Å²) >= 11 is 0. The summed E-state index contributed by atoms with van der Waals surface area (Å²) in [5.41, 5.74) is 0.640. The van der Waals surface area contributed by atoms with Crippen molar-refractivity contribution in [2.24, 2.45) is 0 Å². The number of sulfonamides is 1. The van der Waals surface area contributed by atoms with Gasteiger partial charge in [-0.2, -0.15) is 14.1 Å². The number of hydrogen-bond acceptors (Lipinski definition) is 6. The first kappa shape index (κ1) is 27.3. The number of benzene rings is 2. The smallest absolute Gasteiger partial charge is 0.316 e. The molecule has 0 amide bonds. The van der Waals surface area contributed by atoms with Crippen LogP contribution in [0.15, 0.2) is 59.5 Å². The van der Waals surface area contributed by atoms with Crippen LogP contribution in [-0.2, 0) is 15.4 Å². The SMILES string of the molecule is CCC(C)S(=O)(=O)N1CCN(c2cnn(-c3cc(F)cc(F)c3)c(=O)c2OCC2(c3ccccc3)CC2)CC1. The molecule has 1 unspecified atom stereocenters. The third-order valence-electron chi connectivity index (χ3n) is 7.76. The number of hydrogen-bond donors (Lipinski definition) is 0. The van der Waals surface area contributed by atoms with Crippen LogP contribution in [0.2, 0.25) is 0 Å². The Bertz CT molecular complexity index is 1480. The molecule has 5 rings (SSSR count). The number of ether oxygens (including phenoxy) is 1. The number of anilines is 1. The molecular weight excluding hydrogens is 526 g/mol. The summed E-state index contributed by atoms with van der Waals surface area (Å²) in [6.07, 6.45) is 3.78. The summed E-state index contributed by atoms with van der Waals surface area (Å²) < 4.78 is 62.3. The van der Waals surface area contributed by atoms with Crippen LogP contribution >= 0.6 is 0 Å². The van der Waals surface area contributed by atoms with Crippen LogP contribution in [0.25, 0.3) is 5.69 Å². The van der Waals surface area contributed by atoms with Crippen molar-refractivity contribution in [1.29, 1.82) is 0 Å². The molecule has 2 aromatic carbocycles. The predicted octanol–water partition coefficient (Wildman–Crippen LogP) is 3.87. The molecule has 1 aliphatic carbocycles. The van der Waals surface area contributed by atoms with Gasteiger partial charge in [0.15, 0.2) is 0 Å². The van der Waals surface area contributed by atoms with Gasteiger partial charge in [-0.05, 0) is 43.9 Å². The lowest BCUT2D eigenvalue weighted by molar-refractivity contribution is 0.272. The molecule has 8 nitrogen and oxygen atoms in total. The molecular formula is C28H32F2N4O4S. The summed E-state index contributed by atoms with van der Waals surface area (Å²) in [5.74, 6) is -1.63. The van der Waals surface area contributed by atoms with Crippen molar-refractivity contribution in [2.75, 3.05) is 37.7 Å². The van der Waals surface area contributed by atoms with Gasteiger partial charge in [0.2, 0.25) is 15.8 Å². The molecule has 1 saturated heterocycles. The first-order chi connectivity index (χ1) is 18.6. The highest BCUT2D eigenvalue weighted by atomic mass is 32.2. The van der Waals surface area contributed by atoms with Gasteiger partial charge in [0.05, 0.1) is 23.7 Å². The van der Waals surface area contributed by atoms with Crippen molar-refractivity contribution >= 4 is 15.7 Å². The third-order valence-corrected chi connectivity index (χ3v) is 10.2. The zero-order valence-electron chi connectivity index (χ0n) is 22.0. The van der Waals surface area contributed by atoms with Crippen LogP contribution < -0.4 is 15.2 Å². The van der Waals surface area contributed by atoms with Crippen molar-refractivity contribution in [3.05, 3.63) is 82.3 Å². The van der Waals surface area contributed by atoms with Gasteiger partial charge in [0.25, 0.3) is 0 Å². The highest BCUT2D eigenvalue weighted by Crippen LogP contribution is 2.48. The van der Waals surface area contributed by atoms with Gasteiger partial charge in [-0.25, -0.2) is 17.2 Å². The minimum Gasteiger partial charge on any atom is -0.485 e. The van der Waals surface area contributed by atoms with Gasteiger partial charge in [0.1, 0.15) is 17.3 Å². The van der Waals surface area contributed by atoms with E-state index in [4.69, 9.17) is 4.74 Å². The molecule has 11 heteroatoms. The van der Waals surface area contributed by atoms with E-state index in [9.17, 15) is 22.0 Å². The summed E-state index contributed by atoms with van der Waals surface area (Å²) in [6.45, 7) is 5.01. The molecule has 2 fully saturated rings. The maximum Gasteiger partial charge on any atom is 0.316 e. The van der Waals surface area contributed by atoms with Gasteiger partial charge in [-0.15, -0.1) is 0 Å². The Kier molecular flexibility index (Phi) is 7.47. The van der Waals surface area contributed by atoms with Crippen LogP contribution in [0.5, 0.6) is 5.75 Å². The molecule has 2 aliphatic rings. The summed E-state index contributed by atoms with van der Waals surface area (Å²) in [5, 5.41) is 3.73. The number of aromatic nitrogens is 2. The molecule has 0 radical (unpaired) electrons. The van der Waals surface area contributed by atoms with Crippen LogP contribution in [0, 0.1) is 11.6 Å². The number of rotatable bonds is 9. The first-order valence-corrected chi connectivity index (χ1v) is 14.7. The molecule has 1 saturated carbocycles. The minimum atomic E-state index is -3.42. The zero-order valence-corrected chi connectivity index (χ0v) is 22.8. The fourth-order valence-corrected chi connectivity index (χ4v) is 6.56. The lowest BCUT2D eigenvalue weighted by atomic mass is 9.97. The molecule has 2 heterocycles. The van der Waals surface area contributed by atoms with E-state index in [2.05, 4.69) is 5.10 Å². The second-order valence-corrected chi connectivity index (χ2v) is 12.6. The summed E-state index contributed by atoms with van der Waals surface area (Å²) in [7, 11) is -3.42. The normalized spacial score (nSPS) is 18.1. The number of piperazine rings is 1. The summed E-state index contributed by atoms with van der Waals surface area (Å²) in [6, 6.07) is 12.7. The third kappa shape index (κ3) is 5.42. The standard InChI is InChI=1S/C28H32F2N4O4S/c1-3-20(2)39(36,37)33-13-11-32(12-14-33)25-18-31-34(24-16-22(29)15-23(30)17-24)27(35)26(25)38-19-28(9-10-28)21-7-5-4-6-8-21/h4-8,15-18,20H,3,9-14,19H2,1-2H3. The molecule has 39 heavy (non-hydrogen) atoms. The quantitative estimate of drug-likeness (QED) is 0.397. The van der Waals surface area contributed by atoms with Crippen molar-refractivity contribution in [3.63, 3.8) is 0 Å². The maximum atomic E-state index is 14.0. The van der Waals surface area contributed by atoms with E-state index < -0.39 is 32.5 Å². The van der Waals surface area contributed by atoms with E-state index in [-0.39, 0.29) is 36.5 Å². The second kappa shape index (κ2) is 10.7. The summed E-state index contributed by atoms with van der Waals surface area (Å²) in [4.78, 5) is 15.6. The molecule has 1 aromatic heterocycles. The van der Waals surface area contributed by atoms with Crippen molar-refractivity contribution in [1.82, 2.24) is 14.1 Å². The van der Waals surface area contributed by atoms with E-state index >= 15 is 0 Å². The fraction of sp³-hybridized carbons (Fsp3) is 0.429. The highest BCUT2D eigenvalue weighted by molar-refractivity contribution is 7.89. The van der Waals surface area contributed by atoms with E-state index in [0.29, 0.717) is 25.2 Å². The van der Waals surface area contributed by atoms with Gasteiger partial charge in [-0.1, -0.05) is 37.3 Å². The Morgan fingerprint density at radius 1 is 1.03 bits per heavy atom. The van der Waals surface area contributed by atoms with Gasteiger partial charge in [0, 0.05) is 37.7 Å². The van der Waals surface area contributed by atoms with Gasteiger partial charge < -0.3 is 9.64 Å². The number of halogens is 2. The molecule has 3 aromatic rings. The number of nitrogens with zero attached hydrogens (tertiary/aromatic N) is 4. The Balaban J connectivity index is 1.47. The molecule has 208 valence electrons. The first-order valence-electron chi connectivity index (χ1n) is 13.2. The van der Waals surface area contributed by atoms with Crippen LogP contribution in [-0.4, -0.2) is 60.5 Å². The minimum absolute atomic E-state index is 0.0232. The molecule has 0 N–H and O–H groups in total. The van der Waals surface area contributed by atoms with Crippen molar-refractivity contribution < 1.29 is 21.9 Å². The van der Waals surface area contributed by atoms with E-state index in [1.54, 1.807) is 6.92 Å². The average molecular weight is 559 g/mol. The molecule has 1 aliphatic heterocycles. The molecule has 0 spiro atoms. The Hall–Kier alpha value is -3.31. The van der Waals surface area contributed by atoms with Crippen LogP contribution in [0.3, 0.4) is 0 Å². The lowest BCUT2D eigenvalue weighted by Gasteiger charge is -2.36. The Labute approximate surface area is 226 Å². The van der Waals surface area contributed by atoms with Crippen molar-refractivity contribution in [3.8, 4) is 11.4 Å². The Morgan fingerprint density at radius 2 is 1.67 bits per heavy atom. The van der Waals surface area contributed by atoms with E-state index in [1.165, 1.54) is 10.5 Å².